The Morgan fingerprint density at radius 2 is 2.32 bits per heavy atom. The minimum absolute atomic E-state index is 0.0849. The van der Waals surface area contributed by atoms with Crippen molar-refractivity contribution in [2.24, 2.45) is 11.1 Å². The summed E-state index contributed by atoms with van der Waals surface area (Å²) in [6.45, 7) is 9.06. The third kappa shape index (κ3) is 2.52. The van der Waals surface area contributed by atoms with Crippen LogP contribution in [-0.2, 0) is 11.4 Å². The van der Waals surface area contributed by atoms with Gasteiger partial charge in [-0.2, -0.15) is 0 Å². The lowest BCUT2D eigenvalue weighted by atomic mass is 9.92. The van der Waals surface area contributed by atoms with Gasteiger partial charge in [-0.25, -0.2) is 0 Å². The van der Waals surface area contributed by atoms with Gasteiger partial charge in [0.15, 0.2) is 5.60 Å². The third-order valence-corrected chi connectivity index (χ3v) is 3.98. The van der Waals surface area contributed by atoms with Gasteiger partial charge in [-0.05, 0) is 12.8 Å². The van der Waals surface area contributed by atoms with Crippen molar-refractivity contribution in [1.29, 1.82) is 0 Å². The van der Waals surface area contributed by atoms with Crippen LogP contribution in [0.25, 0.3) is 0 Å². The highest BCUT2D eigenvalue weighted by molar-refractivity contribution is 5.87. The zero-order chi connectivity index (χ0) is 13.5. The molecule has 1 aromatic rings. The zero-order valence-electron chi connectivity index (χ0n) is 11.8. The molecule has 5 heteroatoms. The van der Waals surface area contributed by atoms with Crippen molar-refractivity contribution in [3.63, 3.8) is 0 Å². The second kappa shape index (κ2) is 4.63. The van der Waals surface area contributed by atoms with E-state index >= 15 is 0 Å². The lowest BCUT2D eigenvalue weighted by Gasteiger charge is -2.21. The maximum atomic E-state index is 5.75. The number of rotatable bonds is 3. The first-order valence-electron chi connectivity index (χ1n) is 6.96. The van der Waals surface area contributed by atoms with Crippen LogP contribution in [0.3, 0.4) is 0 Å². The van der Waals surface area contributed by atoms with E-state index in [1.807, 2.05) is 13.0 Å². The maximum Gasteiger partial charge on any atom is 0.156 e. The first-order chi connectivity index (χ1) is 9.06. The summed E-state index contributed by atoms with van der Waals surface area (Å²) in [7, 11) is 0. The van der Waals surface area contributed by atoms with Crippen LogP contribution in [0.15, 0.2) is 15.7 Å². The molecule has 1 unspecified atom stereocenters. The number of hydrogen-bond acceptors (Lipinski definition) is 5. The smallest absolute Gasteiger partial charge is 0.156 e. The van der Waals surface area contributed by atoms with Gasteiger partial charge in [0.2, 0.25) is 0 Å². The number of likely N-dealkylation sites (tertiary alicyclic amines) is 1. The second-order valence-corrected chi connectivity index (χ2v) is 6.08. The van der Waals surface area contributed by atoms with E-state index in [1.165, 1.54) is 5.71 Å². The lowest BCUT2D eigenvalue weighted by Crippen LogP contribution is -2.33. The van der Waals surface area contributed by atoms with Gasteiger partial charge in [0, 0.05) is 38.5 Å². The number of oxime groups is 1. The fourth-order valence-corrected chi connectivity index (χ4v) is 2.86. The second-order valence-electron chi connectivity index (χ2n) is 6.08. The Hall–Kier alpha value is -1.36. The van der Waals surface area contributed by atoms with Crippen LogP contribution >= 0.6 is 0 Å². The van der Waals surface area contributed by atoms with Gasteiger partial charge in [0.05, 0.1) is 11.4 Å². The number of aryl methyl sites for hydroxylation is 1. The molecule has 0 aromatic carbocycles. The van der Waals surface area contributed by atoms with Crippen LogP contribution < -0.4 is 0 Å². The molecule has 5 nitrogen and oxygen atoms in total. The van der Waals surface area contributed by atoms with Gasteiger partial charge in [-0.3, -0.25) is 4.90 Å². The normalized spacial score (nSPS) is 27.3. The van der Waals surface area contributed by atoms with Crippen molar-refractivity contribution >= 4 is 5.71 Å². The van der Waals surface area contributed by atoms with Crippen LogP contribution in [0.5, 0.6) is 0 Å². The van der Waals surface area contributed by atoms with E-state index in [0.29, 0.717) is 5.92 Å². The number of hydrogen-bond donors (Lipinski definition) is 0. The molecule has 1 aromatic heterocycles. The summed E-state index contributed by atoms with van der Waals surface area (Å²) in [6.07, 6.45) is 2.02. The van der Waals surface area contributed by atoms with Crippen LogP contribution in [0.4, 0.5) is 0 Å². The molecule has 104 valence electrons. The largest absolute Gasteiger partial charge is 0.387 e. The molecule has 3 rings (SSSR count). The topological polar surface area (TPSA) is 50.9 Å². The maximum absolute atomic E-state index is 5.75. The highest BCUT2D eigenvalue weighted by atomic mass is 16.7. The first kappa shape index (κ1) is 12.7. The van der Waals surface area contributed by atoms with Gasteiger partial charge in [0.25, 0.3) is 0 Å². The van der Waals surface area contributed by atoms with Crippen molar-refractivity contribution in [1.82, 2.24) is 10.1 Å². The Morgan fingerprint density at radius 1 is 1.47 bits per heavy atom. The molecule has 0 amide bonds. The standard InChI is InChI=1S/C14H21N3O2/c1-10(2)13-7-14(19-16-13)4-5-17(9-14)8-12-6-11(3)18-15-12/h6,10H,4-5,7-9H2,1-3H3. The van der Waals surface area contributed by atoms with Crippen LogP contribution in [0, 0.1) is 12.8 Å². The molecule has 1 saturated heterocycles. The Balaban J connectivity index is 1.59. The van der Waals surface area contributed by atoms with Crippen molar-refractivity contribution in [3.05, 3.63) is 17.5 Å². The Bertz CT molecular complexity index is 495. The third-order valence-electron chi connectivity index (χ3n) is 3.98. The molecule has 0 saturated carbocycles. The zero-order valence-corrected chi connectivity index (χ0v) is 11.8. The molecule has 2 aliphatic heterocycles. The summed E-state index contributed by atoms with van der Waals surface area (Å²) in [5.74, 6) is 1.35. The molecule has 1 fully saturated rings. The van der Waals surface area contributed by atoms with E-state index in [2.05, 4.69) is 29.1 Å². The summed E-state index contributed by atoms with van der Waals surface area (Å²) in [4.78, 5) is 8.12. The SMILES string of the molecule is Cc1cc(CN2CCC3(CC(C(C)C)=NO3)C2)no1. The van der Waals surface area contributed by atoms with Gasteiger partial charge < -0.3 is 9.36 Å². The summed E-state index contributed by atoms with van der Waals surface area (Å²) >= 11 is 0. The van der Waals surface area contributed by atoms with Gasteiger partial charge in [-0.15, -0.1) is 0 Å². The van der Waals surface area contributed by atoms with E-state index in [-0.39, 0.29) is 5.60 Å². The van der Waals surface area contributed by atoms with Gasteiger partial charge >= 0.3 is 0 Å². The Kier molecular flexibility index (Phi) is 3.09. The average Bonchev–Trinajstić information content (AvgIpc) is 3.04. The quantitative estimate of drug-likeness (QED) is 0.840. The molecular weight excluding hydrogens is 242 g/mol. The van der Waals surface area contributed by atoms with Gasteiger partial charge in [0.1, 0.15) is 5.76 Å². The molecule has 0 bridgehead atoms. The van der Waals surface area contributed by atoms with Crippen molar-refractivity contribution in [2.45, 2.75) is 45.8 Å². The predicted molar refractivity (Wildman–Crippen MR) is 71.8 cm³/mol. The van der Waals surface area contributed by atoms with Crippen molar-refractivity contribution in [2.75, 3.05) is 13.1 Å². The van der Waals surface area contributed by atoms with E-state index in [0.717, 1.165) is 43.9 Å². The van der Waals surface area contributed by atoms with E-state index in [1.54, 1.807) is 0 Å². The van der Waals surface area contributed by atoms with Crippen molar-refractivity contribution in [3.8, 4) is 0 Å². The Labute approximate surface area is 113 Å². The average molecular weight is 263 g/mol. The van der Waals surface area contributed by atoms with E-state index < -0.39 is 0 Å². The van der Waals surface area contributed by atoms with E-state index in [4.69, 9.17) is 9.36 Å². The first-order valence-corrected chi connectivity index (χ1v) is 6.96. The lowest BCUT2D eigenvalue weighted by molar-refractivity contribution is -0.0106. The molecule has 0 radical (unpaired) electrons. The van der Waals surface area contributed by atoms with Crippen LogP contribution in [0.2, 0.25) is 0 Å². The van der Waals surface area contributed by atoms with Crippen molar-refractivity contribution < 1.29 is 9.36 Å². The minimum Gasteiger partial charge on any atom is -0.387 e. The molecule has 0 aliphatic carbocycles. The molecule has 19 heavy (non-hydrogen) atoms. The minimum atomic E-state index is -0.0849. The molecule has 1 spiro atoms. The highest BCUT2D eigenvalue weighted by Gasteiger charge is 2.45. The molecular formula is C14H21N3O2. The summed E-state index contributed by atoms with van der Waals surface area (Å²) in [5.41, 5.74) is 2.11. The predicted octanol–water partition coefficient (Wildman–Crippen LogP) is 2.36. The Morgan fingerprint density at radius 3 is 2.95 bits per heavy atom. The molecule has 1 atom stereocenters. The summed E-state index contributed by atoms with van der Waals surface area (Å²) < 4.78 is 5.11. The monoisotopic (exact) mass is 263 g/mol. The molecule has 2 aliphatic rings. The van der Waals surface area contributed by atoms with Crippen LogP contribution in [-0.4, -0.2) is 34.5 Å². The fraction of sp³-hybridized carbons (Fsp3) is 0.714. The van der Waals surface area contributed by atoms with E-state index in [9.17, 15) is 0 Å². The van der Waals surface area contributed by atoms with Gasteiger partial charge in [-0.1, -0.05) is 24.2 Å². The summed E-state index contributed by atoms with van der Waals surface area (Å²) in [6, 6.07) is 2.00. The number of aromatic nitrogens is 1. The number of nitrogens with zero attached hydrogens (tertiary/aromatic N) is 3. The molecule has 3 heterocycles. The molecule has 0 N–H and O–H groups in total. The fourth-order valence-electron chi connectivity index (χ4n) is 2.86. The highest BCUT2D eigenvalue weighted by Crippen LogP contribution is 2.35. The summed E-state index contributed by atoms with van der Waals surface area (Å²) in [5, 5.41) is 8.32. The van der Waals surface area contributed by atoms with Crippen LogP contribution in [0.1, 0.15) is 38.1 Å².